The zero-order valence-corrected chi connectivity index (χ0v) is 40.2. The van der Waals surface area contributed by atoms with Gasteiger partial charge in [-0.05, 0) is 77.0 Å². The van der Waals surface area contributed by atoms with E-state index in [4.69, 9.17) is 0 Å². The van der Waals surface area contributed by atoms with Crippen LogP contribution in [0.2, 0.25) is 0 Å². The highest BCUT2D eigenvalue weighted by Crippen LogP contribution is 2.16. The summed E-state index contributed by atoms with van der Waals surface area (Å²) >= 11 is 0. The lowest BCUT2D eigenvalue weighted by molar-refractivity contribution is -0.123. The topological polar surface area (TPSA) is 69.6 Å². The van der Waals surface area contributed by atoms with Gasteiger partial charge in [0.15, 0.2) is 0 Å². The molecule has 2 unspecified atom stereocenters. The first kappa shape index (κ1) is 58.1. The number of aliphatic hydroxyl groups excluding tert-OH is 2. The summed E-state index contributed by atoms with van der Waals surface area (Å²) in [6.07, 6.45) is 72.4. The third-order valence-electron chi connectivity index (χ3n) is 12.0. The summed E-state index contributed by atoms with van der Waals surface area (Å²) in [5, 5.41) is 23.0. The number of rotatable bonds is 48. The Labute approximate surface area is 375 Å². The van der Waals surface area contributed by atoms with Crippen molar-refractivity contribution in [2.75, 3.05) is 6.61 Å². The molecule has 2 atom stereocenters. The summed E-state index contributed by atoms with van der Waals surface area (Å²) in [4.78, 5) is 12.4. The Balaban J connectivity index is 3.56. The number of nitrogens with one attached hydrogen (secondary N) is 1. The van der Waals surface area contributed by atoms with E-state index in [-0.39, 0.29) is 12.5 Å². The van der Waals surface area contributed by atoms with Gasteiger partial charge < -0.3 is 15.5 Å². The molecule has 0 bridgehead atoms. The van der Waals surface area contributed by atoms with Crippen molar-refractivity contribution in [1.82, 2.24) is 5.32 Å². The lowest BCUT2D eigenvalue weighted by atomic mass is 10.0. The maximum absolute atomic E-state index is 12.4. The maximum atomic E-state index is 12.4. The number of aliphatic hydroxyl groups is 2. The molecule has 0 rings (SSSR count). The normalized spacial score (nSPS) is 13.3. The fourth-order valence-corrected chi connectivity index (χ4v) is 7.89. The number of carbonyl (C=O) groups excluding carboxylic acids is 1. The van der Waals surface area contributed by atoms with Gasteiger partial charge in [0.2, 0.25) is 5.91 Å². The van der Waals surface area contributed by atoms with Crippen molar-refractivity contribution >= 4 is 5.91 Å². The molecule has 0 aromatic heterocycles. The van der Waals surface area contributed by atoms with Crippen LogP contribution in [0.15, 0.2) is 60.8 Å². The Hall–Kier alpha value is -1.91. The fourth-order valence-electron chi connectivity index (χ4n) is 7.89. The number of allylic oxidation sites excluding steroid dienone is 9. The number of amides is 1. The minimum Gasteiger partial charge on any atom is -0.394 e. The lowest BCUT2D eigenvalue weighted by Gasteiger charge is -2.19. The van der Waals surface area contributed by atoms with E-state index < -0.39 is 12.1 Å². The number of hydrogen-bond acceptors (Lipinski definition) is 3. The average molecular weight is 838 g/mol. The molecule has 0 aliphatic rings. The highest BCUT2D eigenvalue weighted by molar-refractivity contribution is 5.76. The van der Waals surface area contributed by atoms with Crippen LogP contribution in [-0.4, -0.2) is 34.9 Å². The Morgan fingerprint density at radius 3 is 1.08 bits per heavy atom. The molecular formula is C56H103NO3. The minimum absolute atomic E-state index is 0.0918. The maximum Gasteiger partial charge on any atom is 0.220 e. The molecule has 0 heterocycles. The van der Waals surface area contributed by atoms with E-state index in [2.05, 4.69) is 67.8 Å². The van der Waals surface area contributed by atoms with Gasteiger partial charge >= 0.3 is 0 Å². The predicted octanol–water partition coefficient (Wildman–Crippen LogP) is 17.2. The molecule has 350 valence electrons. The zero-order valence-electron chi connectivity index (χ0n) is 40.2. The van der Waals surface area contributed by atoms with Crippen LogP contribution in [0.1, 0.15) is 271 Å². The zero-order chi connectivity index (χ0) is 43.5. The molecule has 0 fully saturated rings. The van der Waals surface area contributed by atoms with Crippen molar-refractivity contribution in [2.24, 2.45) is 0 Å². The Morgan fingerprint density at radius 2 is 0.700 bits per heavy atom. The molecule has 0 aliphatic heterocycles. The molecule has 4 nitrogen and oxygen atoms in total. The third-order valence-corrected chi connectivity index (χ3v) is 12.0. The van der Waals surface area contributed by atoms with Crippen molar-refractivity contribution in [3.8, 4) is 0 Å². The van der Waals surface area contributed by atoms with Gasteiger partial charge in [-0.25, -0.2) is 0 Å². The fraction of sp³-hybridized carbons (Fsp3) is 0.804. The molecule has 0 saturated carbocycles. The second-order valence-electron chi connectivity index (χ2n) is 17.9. The monoisotopic (exact) mass is 838 g/mol. The smallest absolute Gasteiger partial charge is 0.220 e. The molecule has 4 heteroatoms. The molecule has 0 aliphatic carbocycles. The second kappa shape index (κ2) is 51.4. The second-order valence-corrected chi connectivity index (χ2v) is 17.9. The highest BCUT2D eigenvalue weighted by atomic mass is 16.3. The quantitative estimate of drug-likeness (QED) is 0.0422. The molecule has 0 saturated heterocycles. The molecule has 0 aromatic carbocycles. The van der Waals surface area contributed by atoms with Gasteiger partial charge in [-0.15, -0.1) is 0 Å². The Morgan fingerprint density at radius 1 is 0.400 bits per heavy atom. The SMILES string of the molecule is CCCCCC/C=C\C/C=C\CCCCCCCC(=O)NC(CO)C(O)/C=C/CC/C=C/CC/C=C/CCCCCCCCCCCCCCCCCCCCCCCC. The molecule has 1 amide bonds. The molecule has 0 aromatic rings. The first-order valence-corrected chi connectivity index (χ1v) is 26.5. The van der Waals surface area contributed by atoms with Crippen LogP contribution in [0.4, 0.5) is 0 Å². The number of unbranched alkanes of at least 4 members (excludes halogenated alkanes) is 33. The van der Waals surface area contributed by atoms with E-state index in [0.29, 0.717) is 6.42 Å². The summed E-state index contributed by atoms with van der Waals surface area (Å²) in [7, 11) is 0. The number of carbonyl (C=O) groups is 1. The summed E-state index contributed by atoms with van der Waals surface area (Å²) in [5.41, 5.74) is 0. The third kappa shape index (κ3) is 47.1. The Kier molecular flexibility index (Phi) is 49.8. The van der Waals surface area contributed by atoms with Crippen LogP contribution in [0, 0.1) is 0 Å². The van der Waals surface area contributed by atoms with Crippen molar-refractivity contribution in [3.05, 3.63) is 60.8 Å². The van der Waals surface area contributed by atoms with E-state index in [9.17, 15) is 15.0 Å². The summed E-state index contributed by atoms with van der Waals surface area (Å²) in [6.45, 7) is 4.28. The predicted molar refractivity (Wildman–Crippen MR) is 267 cm³/mol. The minimum atomic E-state index is -0.879. The van der Waals surface area contributed by atoms with Crippen LogP contribution < -0.4 is 5.32 Å². The van der Waals surface area contributed by atoms with E-state index >= 15 is 0 Å². The van der Waals surface area contributed by atoms with Crippen LogP contribution in [0.3, 0.4) is 0 Å². The van der Waals surface area contributed by atoms with Gasteiger partial charge in [-0.3, -0.25) is 4.79 Å². The standard InChI is InChI=1S/C56H103NO3/c1-3-5-7-9-11-13-15-17-19-21-22-23-24-25-26-27-28-29-30-31-32-33-34-35-36-37-39-41-43-45-47-49-51-55(59)54(53-58)57-56(60)52-50-48-46-44-42-40-38-20-18-16-14-12-10-8-6-4-2/h14,16,20,35-36,38,41,43,49,51,54-55,58-59H,3-13,15,17-19,21-34,37,39-40,42,44-48,50,52-53H2,1-2H3,(H,57,60)/b16-14-,36-35+,38-20-,43-41+,51-49+. The molecule has 60 heavy (non-hydrogen) atoms. The van der Waals surface area contributed by atoms with E-state index in [0.717, 1.165) is 57.8 Å². The molecule has 3 N–H and O–H groups in total. The van der Waals surface area contributed by atoms with Gasteiger partial charge in [-0.2, -0.15) is 0 Å². The van der Waals surface area contributed by atoms with E-state index in [1.807, 2.05) is 6.08 Å². The number of hydrogen-bond donors (Lipinski definition) is 3. The van der Waals surface area contributed by atoms with Crippen LogP contribution >= 0.6 is 0 Å². The molecular weight excluding hydrogens is 735 g/mol. The highest BCUT2D eigenvalue weighted by Gasteiger charge is 2.17. The first-order valence-electron chi connectivity index (χ1n) is 26.5. The van der Waals surface area contributed by atoms with Gasteiger partial charge in [-0.1, -0.05) is 248 Å². The van der Waals surface area contributed by atoms with Gasteiger partial charge in [0.1, 0.15) is 0 Å². The molecule has 0 spiro atoms. The lowest BCUT2D eigenvalue weighted by Crippen LogP contribution is -2.45. The largest absolute Gasteiger partial charge is 0.394 e. The van der Waals surface area contributed by atoms with E-state index in [1.165, 1.54) is 193 Å². The van der Waals surface area contributed by atoms with Crippen molar-refractivity contribution < 1.29 is 15.0 Å². The Bertz CT molecular complexity index is 996. The van der Waals surface area contributed by atoms with Crippen molar-refractivity contribution in [1.29, 1.82) is 0 Å². The van der Waals surface area contributed by atoms with Crippen LogP contribution in [-0.2, 0) is 4.79 Å². The van der Waals surface area contributed by atoms with Crippen LogP contribution in [0.5, 0.6) is 0 Å². The summed E-state index contributed by atoms with van der Waals surface area (Å²) < 4.78 is 0. The summed E-state index contributed by atoms with van der Waals surface area (Å²) in [6, 6.07) is -0.655. The van der Waals surface area contributed by atoms with Gasteiger partial charge in [0.25, 0.3) is 0 Å². The molecule has 0 radical (unpaired) electrons. The summed E-state index contributed by atoms with van der Waals surface area (Å²) in [5.74, 6) is -0.0918. The van der Waals surface area contributed by atoms with E-state index in [1.54, 1.807) is 6.08 Å². The van der Waals surface area contributed by atoms with Crippen LogP contribution in [0.25, 0.3) is 0 Å². The first-order chi connectivity index (χ1) is 29.7. The van der Waals surface area contributed by atoms with Crippen molar-refractivity contribution in [2.45, 2.75) is 283 Å². The average Bonchev–Trinajstić information content (AvgIpc) is 3.25. The van der Waals surface area contributed by atoms with Crippen molar-refractivity contribution in [3.63, 3.8) is 0 Å². The van der Waals surface area contributed by atoms with Gasteiger partial charge in [0.05, 0.1) is 18.8 Å². The van der Waals surface area contributed by atoms with Gasteiger partial charge in [0, 0.05) is 6.42 Å².